The fraction of sp³-hybridized carbons (Fsp3) is 0.579. The minimum atomic E-state index is 0.688. The fourth-order valence-corrected chi connectivity index (χ4v) is 3.52. The van der Waals surface area contributed by atoms with Crippen LogP contribution in [0.3, 0.4) is 0 Å². The number of aryl methyl sites for hydroxylation is 1. The molecule has 2 heteroatoms. The molecule has 1 heterocycles. The third-order valence-electron chi connectivity index (χ3n) is 4.80. The highest BCUT2D eigenvalue weighted by Gasteiger charge is 2.22. The van der Waals surface area contributed by atoms with E-state index in [9.17, 15) is 0 Å². The van der Waals surface area contributed by atoms with Crippen molar-refractivity contribution in [3.05, 3.63) is 35.6 Å². The normalized spacial score (nSPS) is 22.2. The van der Waals surface area contributed by atoms with Crippen LogP contribution in [-0.2, 0) is 13.0 Å². The van der Waals surface area contributed by atoms with Gasteiger partial charge in [0.2, 0.25) is 0 Å². The highest BCUT2D eigenvalue weighted by atomic mass is 16.3. The maximum Gasteiger partial charge on any atom is 0.134 e. The van der Waals surface area contributed by atoms with Crippen LogP contribution in [0.25, 0.3) is 11.0 Å². The average Bonchev–Trinajstić information content (AvgIpc) is 3.06. The Kier molecular flexibility index (Phi) is 4.64. The van der Waals surface area contributed by atoms with Gasteiger partial charge in [-0.25, -0.2) is 0 Å². The Morgan fingerprint density at radius 2 is 2.10 bits per heavy atom. The number of fused-ring (bicyclic) bond motifs is 1. The molecule has 1 aliphatic rings. The van der Waals surface area contributed by atoms with Crippen molar-refractivity contribution >= 4 is 11.0 Å². The fourth-order valence-electron chi connectivity index (χ4n) is 3.52. The van der Waals surface area contributed by atoms with Crippen LogP contribution < -0.4 is 5.32 Å². The Bertz CT molecular complexity index is 586. The standard InChI is InChI=1S/C19H27NO/c1-3-4-8-19-17(13-20-15-11-10-14(2)12-15)16-7-5-6-9-18(16)21-19/h5-7,9,14-15,20H,3-4,8,10-13H2,1-2H3. The second-order valence-electron chi connectivity index (χ2n) is 6.60. The van der Waals surface area contributed by atoms with E-state index in [1.807, 2.05) is 0 Å². The van der Waals surface area contributed by atoms with Gasteiger partial charge in [0.05, 0.1) is 0 Å². The summed E-state index contributed by atoms with van der Waals surface area (Å²) in [5.74, 6) is 2.07. The van der Waals surface area contributed by atoms with Gasteiger partial charge in [0.1, 0.15) is 11.3 Å². The minimum absolute atomic E-state index is 0.688. The van der Waals surface area contributed by atoms with Crippen LogP contribution in [0.4, 0.5) is 0 Å². The summed E-state index contributed by atoms with van der Waals surface area (Å²) in [5.41, 5.74) is 2.43. The summed E-state index contributed by atoms with van der Waals surface area (Å²) in [7, 11) is 0. The third-order valence-corrected chi connectivity index (χ3v) is 4.80. The smallest absolute Gasteiger partial charge is 0.134 e. The van der Waals surface area contributed by atoms with Crippen molar-refractivity contribution in [2.75, 3.05) is 0 Å². The molecule has 0 amide bonds. The van der Waals surface area contributed by atoms with Crippen molar-refractivity contribution in [3.63, 3.8) is 0 Å². The van der Waals surface area contributed by atoms with Crippen LogP contribution in [0.15, 0.2) is 28.7 Å². The minimum Gasteiger partial charge on any atom is -0.461 e. The van der Waals surface area contributed by atoms with Crippen molar-refractivity contribution in [1.29, 1.82) is 0 Å². The molecule has 2 nitrogen and oxygen atoms in total. The highest BCUT2D eigenvalue weighted by Crippen LogP contribution is 2.29. The van der Waals surface area contributed by atoms with Crippen LogP contribution in [0.5, 0.6) is 0 Å². The van der Waals surface area contributed by atoms with E-state index in [-0.39, 0.29) is 0 Å². The maximum atomic E-state index is 6.10. The molecule has 0 radical (unpaired) electrons. The van der Waals surface area contributed by atoms with Gasteiger partial charge >= 0.3 is 0 Å². The van der Waals surface area contributed by atoms with Gasteiger partial charge < -0.3 is 9.73 Å². The summed E-state index contributed by atoms with van der Waals surface area (Å²) in [6.07, 6.45) is 7.48. The second kappa shape index (κ2) is 6.65. The molecule has 1 fully saturated rings. The molecule has 0 bridgehead atoms. The summed E-state index contributed by atoms with van der Waals surface area (Å²) < 4.78 is 6.10. The molecule has 0 spiro atoms. The van der Waals surface area contributed by atoms with Gasteiger partial charge in [0, 0.05) is 30.0 Å². The van der Waals surface area contributed by atoms with Crippen LogP contribution in [0, 0.1) is 5.92 Å². The molecule has 2 aromatic rings. The molecule has 1 aromatic heterocycles. The number of unbranched alkanes of at least 4 members (excludes halogenated alkanes) is 1. The van der Waals surface area contributed by atoms with Crippen LogP contribution in [0.2, 0.25) is 0 Å². The van der Waals surface area contributed by atoms with Gasteiger partial charge in [-0.15, -0.1) is 0 Å². The second-order valence-corrected chi connectivity index (χ2v) is 6.60. The molecule has 1 saturated carbocycles. The number of rotatable bonds is 6. The first kappa shape index (κ1) is 14.6. The van der Waals surface area contributed by atoms with Crippen molar-refractivity contribution in [3.8, 4) is 0 Å². The largest absolute Gasteiger partial charge is 0.461 e. The van der Waals surface area contributed by atoms with Crippen LogP contribution >= 0.6 is 0 Å². The van der Waals surface area contributed by atoms with E-state index in [1.165, 1.54) is 48.8 Å². The zero-order valence-electron chi connectivity index (χ0n) is 13.3. The number of hydrogen-bond acceptors (Lipinski definition) is 2. The summed E-state index contributed by atoms with van der Waals surface area (Å²) in [4.78, 5) is 0. The van der Waals surface area contributed by atoms with E-state index in [0.717, 1.165) is 24.5 Å². The van der Waals surface area contributed by atoms with Crippen LogP contribution in [0.1, 0.15) is 57.3 Å². The Labute approximate surface area is 127 Å². The summed E-state index contributed by atoms with van der Waals surface area (Å²) >= 11 is 0. The molecular formula is C19H27NO. The summed E-state index contributed by atoms with van der Waals surface area (Å²) in [6.45, 7) is 5.55. The van der Waals surface area contributed by atoms with Gasteiger partial charge in [-0.1, -0.05) is 38.5 Å². The number of benzene rings is 1. The molecule has 1 aromatic carbocycles. The zero-order valence-corrected chi connectivity index (χ0v) is 13.3. The van der Waals surface area contributed by atoms with Gasteiger partial charge in [-0.3, -0.25) is 0 Å². The lowest BCUT2D eigenvalue weighted by molar-refractivity contribution is 0.488. The number of hydrogen-bond donors (Lipinski definition) is 1. The van der Waals surface area contributed by atoms with Crippen molar-refractivity contribution in [1.82, 2.24) is 5.32 Å². The van der Waals surface area contributed by atoms with Crippen molar-refractivity contribution < 1.29 is 4.42 Å². The molecule has 1 N–H and O–H groups in total. The third kappa shape index (κ3) is 3.32. The van der Waals surface area contributed by atoms with Gasteiger partial charge in [0.15, 0.2) is 0 Å². The number of furan rings is 1. The Morgan fingerprint density at radius 1 is 1.24 bits per heavy atom. The quantitative estimate of drug-likeness (QED) is 0.803. The van der Waals surface area contributed by atoms with E-state index in [1.54, 1.807) is 0 Å². The van der Waals surface area contributed by atoms with Crippen molar-refractivity contribution in [2.45, 2.75) is 65.0 Å². The lowest BCUT2D eigenvalue weighted by Gasteiger charge is -2.12. The topological polar surface area (TPSA) is 25.2 Å². The first-order valence-corrected chi connectivity index (χ1v) is 8.50. The van der Waals surface area contributed by atoms with Crippen LogP contribution in [-0.4, -0.2) is 6.04 Å². The van der Waals surface area contributed by atoms with Gasteiger partial charge in [-0.2, -0.15) is 0 Å². The first-order chi connectivity index (χ1) is 10.3. The first-order valence-electron chi connectivity index (χ1n) is 8.50. The number of nitrogens with one attached hydrogen (secondary N) is 1. The zero-order chi connectivity index (χ0) is 14.7. The SMILES string of the molecule is CCCCc1oc2ccccc2c1CNC1CCC(C)C1. The summed E-state index contributed by atoms with van der Waals surface area (Å²) in [5, 5.41) is 5.06. The predicted octanol–water partition coefficient (Wildman–Crippen LogP) is 5.05. The molecule has 1 aliphatic carbocycles. The molecular weight excluding hydrogens is 258 g/mol. The predicted molar refractivity (Wildman–Crippen MR) is 88.5 cm³/mol. The molecule has 2 unspecified atom stereocenters. The summed E-state index contributed by atoms with van der Waals surface area (Å²) in [6, 6.07) is 9.15. The van der Waals surface area contributed by atoms with Gasteiger partial charge in [-0.05, 0) is 37.7 Å². The monoisotopic (exact) mass is 285 g/mol. The van der Waals surface area contributed by atoms with E-state index < -0.39 is 0 Å². The average molecular weight is 285 g/mol. The Balaban J connectivity index is 1.77. The van der Waals surface area contributed by atoms with E-state index in [2.05, 4.69) is 43.4 Å². The molecule has 114 valence electrons. The molecule has 21 heavy (non-hydrogen) atoms. The van der Waals surface area contributed by atoms with E-state index >= 15 is 0 Å². The molecule has 3 rings (SSSR count). The highest BCUT2D eigenvalue weighted by molar-refractivity contribution is 5.82. The molecule has 0 aliphatic heterocycles. The number of para-hydroxylation sites is 1. The van der Waals surface area contributed by atoms with E-state index in [0.29, 0.717) is 6.04 Å². The van der Waals surface area contributed by atoms with Crippen molar-refractivity contribution in [2.24, 2.45) is 5.92 Å². The maximum absolute atomic E-state index is 6.10. The molecule has 0 saturated heterocycles. The van der Waals surface area contributed by atoms with Gasteiger partial charge in [0.25, 0.3) is 0 Å². The lowest BCUT2D eigenvalue weighted by Crippen LogP contribution is -2.26. The lowest BCUT2D eigenvalue weighted by atomic mass is 10.1. The Morgan fingerprint density at radius 3 is 2.86 bits per heavy atom. The van der Waals surface area contributed by atoms with E-state index in [4.69, 9.17) is 4.42 Å². The Hall–Kier alpha value is -1.28. The molecule has 2 atom stereocenters.